The third-order valence-electron chi connectivity index (χ3n) is 5.46. The van der Waals surface area contributed by atoms with Gasteiger partial charge in [0.25, 0.3) is 0 Å². The lowest BCUT2D eigenvalue weighted by molar-refractivity contribution is 0.223. The summed E-state index contributed by atoms with van der Waals surface area (Å²) in [5.41, 5.74) is 3.85. The molecule has 164 valence electrons. The van der Waals surface area contributed by atoms with Gasteiger partial charge in [0, 0.05) is 23.8 Å². The summed E-state index contributed by atoms with van der Waals surface area (Å²) >= 11 is 0. The number of nitrogens with zero attached hydrogens (tertiary/aromatic N) is 3. The minimum atomic E-state index is 0.257. The maximum absolute atomic E-state index is 9.48. The molecule has 0 saturated carbocycles. The van der Waals surface area contributed by atoms with Gasteiger partial charge in [0.1, 0.15) is 18.1 Å². The second-order valence-corrected chi connectivity index (χ2v) is 7.54. The van der Waals surface area contributed by atoms with E-state index in [0.29, 0.717) is 12.6 Å². The van der Waals surface area contributed by atoms with Crippen molar-refractivity contribution in [1.82, 2.24) is 14.9 Å². The van der Waals surface area contributed by atoms with Crippen LogP contribution in [0.3, 0.4) is 0 Å². The highest BCUT2D eigenvalue weighted by atomic mass is 16.5. The van der Waals surface area contributed by atoms with Gasteiger partial charge >= 0.3 is 0 Å². The smallest absolute Gasteiger partial charge is 0.227 e. The second-order valence-electron chi connectivity index (χ2n) is 7.54. The number of rotatable bonds is 9. The minimum absolute atomic E-state index is 0.257. The quantitative estimate of drug-likeness (QED) is 0.369. The van der Waals surface area contributed by atoms with E-state index in [2.05, 4.69) is 40.1 Å². The zero-order chi connectivity index (χ0) is 22.3. The molecule has 6 heteroatoms. The standard InChI is InChI=1S/C26H28N4O2/c1-3-30(4-2)15-16-32-24-12-8-22(9-13-24)28-26-27-18-21-17-20(7-14-25(21)29-26)19-5-10-23(31)11-6-19/h5-14,17-18,31H,3-4,15-16H2,1-2H3,(H,27,28,29). The second kappa shape index (κ2) is 10.1. The Morgan fingerprint density at radius 2 is 1.62 bits per heavy atom. The fourth-order valence-electron chi connectivity index (χ4n) is 3.52. The number of benzene rings is 3. The van der Waals surface area contributed by atoms with Crippen molar-refractivity contribution in [1.29, 1.82) is 0 Å². The number of aromatic nitrogens is 2. The van der Waals surface area contributed by atoms with Crippen LogP contribution in [0.4, 0.5) is 11.6 Å². The molecule has 0 spiro atoms. The van der Waals surface area contributed by atoms with Gasteiger partial charge in [-0.3, -0.25) is 0 Å². The number of hydrogen-bond donors (Lipinski definition) is 2. The minimum Gasteiger partial charge on any atom is -0.508 e. The number of anilines is 2. The topological polar surface area (TPSA) is 70.5 Å². The number of ether oxygens (including phenoxy) is 1. The Morgan fingerprint density at radius 3 is 2.34 bits per heavy atom. The van der Waals surface area contributed by atoms with Crippen LogP contribution < -0.4 is 10.1 Å². The molecule has 0 atom stereocenters. The van der Waals surface area contributed by atoms with E-state index >= 15 is 0 Å². The van der Waals surface area contributed by atoms with Gasteiger partial charge in [0.15, 0.2) is 0 Å². The van der Waals surface area contributed by atoms with Crippen molar-refractivity contribution in [2.24, 2.45) is 0 Å². The van der Waals surface area contributed by atoms with Crippen molar-refractivity contribution in [3.63, 3.8) is 0 Å². The predicted octanol–water partition coefficient (Wildman–Crippen LogP) is 5.47. The number of phenolic OH excluding ortho intramolecular Hbond substituents is 1. The number of aromatic hydroxyl groups is 1. The molecule has 6 nitrogen and oxygen atoms in total. The number of fused-ring (bicyclic) bond motifs is 1. The maximum atomic E-state index is 9.48. The zero-order valence-corrected chi connectivity index (χ0v) is 18.5. The van der Waals surface area contributed by atoms with Crippen LogP contribution in [0.1, 0.15) is 13.8 Å². The first-order chi connectivity index (χ1) is 15.6. The van der Waals surface area contributed by atoms with Gasteiger partial charge in [-0.2, -0.15) is 0 Å². The average Bonchev–Trinajstić information content (AvgIpc) is 2.83. The lowest BCUT2D eigenvalue weighted by Crippen LogP contribution is -2.27. The molecule has 1 heterocycles. The number of nitrogens with one attached hydrogen (secondary N) is 1. The molecule has 0 radical (unpaired) electrons. The van der Waals surface area contributed by atoms with Gasteiger partial charge in [0.2, 0.25) is 5.95 Å². The molecule has 0 bridgehead atoms. The molecule has 0 fully saturated rings. The summed E-state index contributed by atoms with van der Waals surface area (Å²) in [4.78, 5) is 11.4. The van der Waals surface area contributed by atoms with Crippen LogP contribution in [-0.2, 0) is 0 Å². The lowest BCUT2D eigenvalue weighted by Gasteiger charge is -2.18. The Labute approximate surface area is 188 Å². The van der Waals surface area contributed by atoms with E-state index in [1.807, 2.05) is 54.7 Å². The molecule has 0 saturated heterocycles. The molecule has 1 aromatic heterocycles. The zero-order valence-electron chi connectivity index (χ0n) is 18.5. The van der Waals surface area contributed by atoms with Gasteiger partial charge in [-0.1, -0.05) is 32.0 Å². The first-order valence-corrected chi connectivity index (χ1v) is 10.9. The van der Waals surface area contributed by atoms with Crippen LogP contribution >= 0.6 is 0 Å². The number of likely N-dealkylation sites (N-methyl/N-ethyl adjacent to an activating group) is 1. The van der Waals surface area contributed by atoms with Crippen LogP contribution in [0.2, 0.25) is 0 Å². The monoisotopic (exact) mass is 428 g/mol. The lowest BCUT2D eigenvalue weighted by atomic mass is 10.0. The fourth-order valence-corrected chi connectivity index (χ4v) is 3.52. The van der Waals surface area contributed by atoms with E-state index in [9.17, 15) is 5.11 Å². The largest absolute Gasteiger partial charge is 0.508 e. The van der Waals surface area contributed by atoms with Crippen LogP contribution in [0.5, 0.6) is 11.5 Å². The van der Waals surface area contributed by atoms with E-state index in [4.69, 9.17) is 4.74 Å². The highest BCUT2D eigenvalue weighted by Gasteiger charge is 2.05. The van der Waals surface area contributed by atoms with Crippen molar-refractivity contribution in [2.45, 2.75) is 13.8 Å². The van der Waals surface area contributed by atoms with E-state index in [0.717, 1.165) is 53.1 Å². The maximum Gasteiger partial charge on any atom is 0.227 e. The summed E-state index contributed by atoms with van der Waals surface area (Å²) < 4.78 is 5.84. The summed E-state index contributed by atoms with van der Waals surface area (Å²) in [6.07, 6.45) is 1.82. The third-order valence-corrected chi connectivity index (χ3v) is 5.46. The first-order valence-electron chi connectivity index (χ1n) is 10.9. The van der Waals surface area contributed by atoms with Crippen molar-refractivity contribution >= 4 is 22.5 Å². The van der Waals surface area contributed by atoms with E-state index in [-0.39, 0.29) is 5.75 Å². The van der Waals surface area contributed by atoms with Crippen LogP contribution in [0, 0.1) is 0 Å². The highest BCUT2D eigenvalue weighted by Crippen LogP contribution is 2.26. The number of phenols is 1. The van der Waals surface area contributed by atoms with Crippen LogP contribution in [0.15, 0.2) is 72.9 Å². The Hall–Kier alpha value is -3.64. The Kier molecular flexibility index (Phi) is 6.82. The highest BCUT2D eigenvalue weighted by molar-refractivity contribution is 5.84. The fraction of sp³-hybridized carbons (Fsp3) is 0.231. The molecule has 0 unspecified atom stereocenters. The number of hydrogen-bond acceptors (Lipinski definition) is 6. The summed E-state index contributed by atoms with van der Waals surface area (Å²) in [6, 6.07) is 21.1. The normalized spacial score (nSPS) is 11.1. The molecule has 0 aliphatic rings. The van der Waals surface area contributed by atoms with E-state index < -0.39 is 0 Å². The first kappa shape index (κ1) is 21.6. The molecular weight excluding hydrogens is 400 g/mol. The summed E-state index contributed by atoms with van der Waals surface area (Å²) in [7, 11) is 0. The van der Waals surface area contributed by atoms with Crippen molar-refractivity contribution in [3.8, 4) is 22.6 Å². The van der Waals surface area contributed by atoms with Gasteiger partial charge in [-0.25, -0.2) is 9.97 Å². The van der Waals surface area contributed by atoms with E-state index in [1.165, 1.54) is 0 Å². The molecule has 0 amide bonds. The van der Waals surface area contributed by atoms with Gasteiger partial charge < -0.3 is 20.1 Å². The van der Waals surface area contributed by atoms with Crippen LogP contribution in [-0.4, -0.2) is 46.2 Å². The SMILES string of the molecule is CCN(CC)CCOc1ccc(Nc2ncc3cc(-c4ccc(O)cc4)ccc3n2)cc1. The molecule has 0 aliphatic carbocycles. The molecule has 4 aromatic rings. The Bertz CT molecular complexity index is 1160. The molecule has 2 N–H and O–H groups in total. The van der Waals surface area contributed by atoms with Gasteiger partial charge in [-0.05, 0) is 72.7 Å². The molecule has 0 aliphatic heterocycles. The van der Waals surface area contributed by atoms with Crippen molar-refractivity contribution in [3.05, 3.63) is 72.9 Å². The van der Waals surface area contributed by atoms with Crippen molar-refractivity contribution in [2.75, 3.05) is 31.6 Å². The summed E-state index contributed by atoms with van der Waals surface area (Å²) in [5, 5.41) is 13.7. The Balaban J connectivity index is 1.40. The van der Waals surface area contributed by atoms with Gasteiger partial charge in [0.05, 0.1) is 5.52 Å². The van der Waals surface area contributed by atoms with E-state index in [1.54, 1.807) is 12.1 Å². The van der Waals surface area contributed by atoms with Gasteiger partial charge in [-0.15, -0.1) is 0 Å². The summed E-state index contributed by atoms with van der Waals surface area (Å²) in [5.74, 6) is 1.65. The predicted molar refractivity (Wildman–Crippen MR) is 130 cm³/mol. The average molecular weight is 429 g/mol. The van der Waals surface area contributed by atoms with Crippen LogP contribution in [0.25, 0.3) is 22.0 Å². The molecule has 32 heavy (non-hydrogen) atoms. The summed E-state index contributed by atoms with van der Waals surface area (Å²) in [6.45, 7) is 7.99. The third kappa shape index (κ3) is 5.34. The molecule has 3 aromatic carbocycles. The molecular formula is C26H28N4O2. The van der Waals surface area contributed by atoms with Crippen molar-refractivity contribution < 1.29 is 9.84 Å². The molecule has 4 rings (SSSR count). The Morgan fingerprint density at radius 1 is 0.906 bits per heavy atom.